The van der Waals surface area contributed by atoms with Crippen molar-refractivity contribution in [1.29, 1.82) is 0 Å². The number of hydrogen-bond donors (Lipinski definition) is 1. The average molecular weight is 337 g/mol. The fourth-order valence-electron chi connectivity index (χ4n) is 1.89. The summed E-state index contributed by atoms with van der Waals surface area (Å²) in [7, 11) is 2.55. The molecule has 1 amide bonds. The van der Waals surface area contributed by atoms with Crippen molar-refractivity contribution in [2.75, 3.05) is 14.2 Å². The Kier molecular flexibility index (Phi) is 6.76. The SMILES string of the molecule is COC(=O)Cc1ccc(C(NC(=O)OC(C)(C)C)C(=O)OC)cc1. The van der Waals surface area contributed by atoms with E-state index in [1.54, 1.807) is 45.0 Å². The molecule has 7 nitrogen and oxygen atoms in total. The molecule has 1 N–H and O–H groups in total. The molecule has 0 spiro atoms. The van der Waals surface area contributed by atoms with Gasteiger partial charge >= 0.3 is 18.0 Å². The van der Waals surface area contributed by atoms with Gasteiger partial charge in [-0.3, -0.25) is 4.79 Å². The summed E-state index contributed by atoms with van der Waals surface area (Å²) in [5.74, 6) is -0.985. The number of ether oxygens (including phenoxy) is 3. The topological polar surface area (TPSA) is 90.9 Å². The molecule has 0 aromatic heterocycles. The lowest BCUT2D eigenvalue weighted by molar-refractivity contribution is -0.143. The Hall–Kier alpha value is -2.57. The van der Waals surface area contributed by atoms with Crippen LogP contribution in [0, 0.1) is 0 Å². The highest BCUT2D eigenvalue weighted by atomic mass is 16.6. The van der Waals surface area contributed by atoms with E-state index in [0.717, 1.165) is 5.56 Å². The molecule has 0 aliphatic rings. The predicted molar refractivity (Wildman–Crippen MR) is 86.3 cm³/mol. The van der Waals surface area contributed by atoms with E-state index in [-0.39, 0.29) is 12.4 Å². The first-order valence-electron chi connectivity index (χ1n) is 7.39. The number of nitrogens with one attached hydrogen (secondary N) is 1. The number of carbonyl (C=O) groups is 3. The van der Waals surface area contributed by atoms with Crippen LogP contribution in [0.15, 0.2) is 24.3 Å². The summed E-state index contributed by atoms with van der Waals surface area (Å²) < 4.78 is 14.5. The Morgan fingerprint density at radius 1 is 1.04 bits per heavy atom. The van der Waals surface area contributed by atoms with Crippen molar-refractivity contribution in [3.63, 3.8) is 0 Å². The molecule has 0 bridgehead atoms. The highest BCUT2D eigenvalue weighted by Crippen LogP contribution is 2.17. The Morgan fingerprint density at radius 3 is 2.08 bits per heavy atom. The zero-order chi connectivity index (χ0) is 18.3. The molecule has 1 rings (SSSR count). The van der Waals surface area contributed by atoms with Gasteiger partial charge in [0.2, 0.25) is 0 Å². The number of methoxy groups -OCH3 is 2. The third-order valence-corrected chi connectivity index (χ3v) is 2.99. The van der Waals surface area contributed by atoms with Gasteiger partial charge in [-0.15, -0.1) is 0 Å². The van der Waals surface area contributed by atoms with Gasteiger partial charge in [-0.2, -0.15) is 0 Å². The van der Waals surface area contributed by atoms with Crippen LogP contribution in [-0.2, 0) is 30.2 Å². The first-order chi connectivity index (χ1) is 11.2. The second kappa shape index (κ2) is 8.33. The molecule has 0 radical (unpaired) electrons. The van der Waals surface area contributed by atoms with Crippen LogP contribution >= 0.6 is 0 Å². The smallest absolute Gasteiger partial charge is 0.408 e. The van der Waals surface area contributed by atoms with Crippen LogP contribution in [0.4, 0.5) is 4.79 Å². The average Bonchev–Trinajstić information content (AvgIpc) is 2.51. The zero-order valence-corrected chi connectivity index (χ0v) is 14.5. The molecule has 1 atom stereocenters. The number of esters is 2. The first-order valence-corrected chi connectivity index (χ1v) is 7.39. The molecule has 0 saturated carbocycles. The summed E-state index contributed by atoms with van der Waals surface area (Å²) in [6.45, 7) is 5.17. The number of hydrogen-bond acceptors (Lipinski definition) is 6. The van der Waals surface area contributed by atoms with Crippen molar-refractivity contribution < 1.29 is 28.6 Å². The third kappa shape index (κ3) is 6.28. The fourth-order valence-corrected chi connectivity index (χ4v) is 1.89. The minimum absolute atomic E-state index is 0.124. The highest BCUT2D eigenvalue weighted by molar-refractivity contribution is 5.82. The van der Waals surface area contributed by atoms with E-state index >= 15 is 0 Å². The maximum atomic E-state index is 12.0. The normalized spacial score (nSPS) is 12.0. The van der Waals surface area contributed by atoms with E-state index in [1.165, 1.54) is 14.2 Å². The lowest BCUT2D eigenvalue weighted by Gasteiger charge is -2.22. The number of carbonyl (C=O) groups excluding carboxylic acids is 3. The van der Waals surface area contributed by atoms with Gasteiger partial charge in [-0.1, -0.05) is 24.3 Å². The van der Waals surface area contributed by atoms with Crippen LogP contribution in [-0.4, -0.2) is 37.9 Å². The Morgan fingerprint density at radius 2 is 1.62 bits per heavy atom. The standard InChI is InChI=1S/C17H23NO6/c1-17(2,3)24-16(21)18-14(15(20)23-5)12-8-6-11(7-9-12)10-13(19)22-4/h6-9,14H,10H2,1-5H3,(H,18,21). The van der Waals surface area contributed by atoms with Crippen LogP contribution in [0.3, 0.4) is 0 Å². The van der Waals surface area contributed by atoms with Crippen molar-refractivity contribution in [1.82, 2.24) is 5.32 Å². The molecular weight excluding hydrogens is 314 g/mol. The lowest BCUT2D eigenvalue weighted by Crippen LogP contribution is -2.38. The largest absolute Gasteiger partial charge is 0.469 e. The second-order valence-corrected chi connectivity index (χ2v) is 6.10. The van der Waals surface area contributed by atoms with Gasteiger partial charge < -0.3 is 19.5 Å². The second-order valence-electron chi connectivity index (χ2n) is 6.10. The number of benzene rings is 1. The lowest BCUT2D eigenvalue weighted by atomic mass is 10.0. The Labute approximate surface area is 141 Å². The summed E-state index contributed by atoms with van der Waals surface area (Å²) in [5.41, 5.74) is 0.558. The minimum Gasteiger partial charge on any atom is -0.469 e. The monoisotopic (exact) mass is 337 g/mol. The zero-order valence-electron chi connectivity index (χ0n) is 14.5. The minimum atomic E-state index is -1.00. The maximum Gasteiger partial charge on any atom is 0.408 e. The van der Waals surface area contributed by atoms with Crippen LogP contribution in [0.1, 0.15) is 37.9 Å². The van der Waals surface area contributed by atoms with E-state index < -0.39 is 23.7 Å². The van der Waals surface area contributed by atoms with E-state index in [1.807, 2.05) is 0 Å². The van der Waals surface area contributed by atoms with Gasteiger partial charge in [0.05, 0.1) is 20.6 Å². The molecule has 1 unspecified atom stereocenters. The molecule has 24 heavy (non-hydrogen) atoms. The molecule has 0 fully saturated rings. The van der Waals surface area contributed by atoms with Crippen LogP contribution in [0.2, 0.25) is 0 Å². The predicted octanol–water partition coefficient (Wildman–Crippen LogP) is 2.14. The van der Waals surface area contributed by atoms with Gasteiger partial charge in [0.15, 0.2) is 6.04 Å². The van der Waals surface area contributed by atoms with Crippen molar-refractivity contribution >= 4 is 18.0 Å². The van der Waals surface area contributed by atoms with Gasteiger partial charge in [0, 0.05) is 0 Å². The van der Waals surface area contributed by atoms with Crippen LogP contribution in [0.25, 0.3) is 0 Å². The molecule has 1 aromatic rings. The van der Waals surface area contributed by atoms with Crippen molar-refractivity contribution in [2.45, 2.75) is 38.8 Å². The summed E-state index contributed by atoms with van der Waals surface area (Å²) >= 11 is 0. The molecular formula is C17H23NO6. The highest BCUT2D eigenvalue weighted by Gasteiger charge is 2.26. The van der Waals surface area contributed by atoms with E-state index in [9.17, 15) is 14.4 Å². The fraction of sp³-hybridized carbons (Fsp3) is 0.471. The summed E-state index contributed by atoms with van der Waals surface area (Å²) in [6, 6.07) is 5.63. The van der Waals surface area contributed by atoms with Crippen molar-refractivity contribution in [3.8, 4) is 0 Å². The van der Waals surface area contributed by atoms with Gasteiger partial charge in [-0.25, -0.2) is 9.59 Å². The molecule has 0 heterocycles. The van der Waals surface area contributed by atoms with Gasteiger partial charge in [0.1, 0.15) is 5.60 Å². The third-order valence-electron chi connectivity index (χ3n) is 2.99. The van der Waals surface area contributed by atoms with Crippen LogP contribution < -0.4 is 5.32 Å². The molecule has 0 aliphatic heterocycles. The molecule has 0 saturated heterocycles. The van der Waals surface area contributed by atoms with Gasteiger partial charge in [0.25, 0.3) is 0 Å². The summed E-state index contributed by atoms with van der Waals surface area (Å²) in [6.07, 6.45) is -0.601. The molecule has 1 aromatic carbocycles. The quantitative estimate of drug-likeness (QED) is 0.654. The van der Waals surface area contributed by atoms with Crippen molar-refractivity contribution in [2.24, 2.45) is 0 Å². The van der Waals surface area contributed by atoms with Gasteiger partial charge in [-0.05, 0) is 31.9 Å². The van der Waals surface area contributed by atoms with E-state index in [4.69, 9.17) is 9.47 Å². The molecule has 0 aliphatic carbocycles. The van der Waals surface area contributed by atoms with E-state index in [2.05, 4.69) is 10.1 Å². The number of alkyl carbamates (subject to hydrolysis) is 1. The summed E-state index contributed by atoms with van der Waals surface area (Å²) in [5, 5.41) is 2.48. The number of amides is 1. The summed E-state index contributed by atoms with van der Waals surface area (Å²) in [4.78, 5) is 35.1. The number of rotatable bonds is 5. The van der Waals surface area contributed by atoms with Crippen LogP contribution in [0.5, 0.6) is 0 Å². The Balaban J connectivity index is 2.90. The molecule has 7 heteroatoms. The maximum absolute atomic E-state index is 12.0. The van der Waals surface area contributed by atoms with E-state index in [0.29, 0.717) is 5.56 Å². The molecule has 132 valence electrons. The van der Waals surface area contributed by atoms with Crippen molar-refractivity contribution in [3.05, 3.63) is 35.4 Å². The first kappa shape index (κ1) is 19.5. The Bertz CT molecular complexity index is 588.